The molecule has 1 fully saturated rings. The maximum absolute atomic E-state index is 10.1. The molecule has 5 nitrogen and oxygen atoms in total. The van der Waals surface area contributed by atoms with E-state index in [4.69, 9.17) is 40.2 Å². The van der Waals surface area contributed by atoms with E-state index in [0.29, 0.717) is 26.9 Å². The third kappa shape index (κ3) is 5.31. The van der Waals surface area contributed by atoms with Crippen LogP contribution in [0.4, 0.5) is 5.69 Å². The van der Waals surface area contributed by atoms with Crippen molar-refractivity contribution in [2.45, 2.75) is 38.1 Å². The average molecular weight is 427 g/mol. The summed E-state index contributed by atoms with van der Waals surface area (Å²) in [7, 11) is 0. The lowest BCUT2D eigenvalue weighted by Crippen LogP contribution is -2.38. The number of hydrogen-bond acceptors (Lipinski definition) is 4. The van der Waals surface area contributed by atoms with Crippen LogP contribution in [0.2, 0.25) is 10.0 Å². The van der Waals surface area contributed by atoms with Crippen LogP contribution in [0.1, 0.15) is 32.1 Å². The lowest BCUT2D eigenvalue weighted by atomic mass is 9.96. The van der Waals surface area contributed by atoms with Gasteiger partial charge in [-0.25, -0.2) is 0 Å². The van der Waals surface area contributed by atoms with E-state index < -0.39 is 0 Å². The number of nitrogens with one attached hydrogen (secondary N) is 2. The van der Waals surface area contributed by atoms with E-state index in [9.17, 15) is 10.2 Å². The van der Waals surface area contributed by atoms with Gasteiger partial charge in [-0.2, -0.15) is 0 Å². The molecule has 0 aromatic heterocycles. The van der Waals surface area contributed by atoms with Gasteiger partial charge in [0.25, 0.3) is 0 Å². The maximum Gasteiger partial charge on any atom is 0.171 e. The van der Waals surface area contributed by atoms with Crippen LogP contribution in [-0.2, 0) is 0 Å². The van der Waals surface area contributed by atoms with Crippen molar-refractivity contribution in [3.05, 3.63) is 40.4 Å². The lowest BCUT2D eigenvalue weighted by Gasteiger charge is -2.24. The molecule has 27 heavy (non-hydrogen) atoms. The minimum absolute atomic E-state index is 0.125. The number of ether oxygens (including phenoxy) is 1. The van der Waals surface area contributed by atoms with Gasteiger partial charge < -0.3 is 25.6 Å². The molecule has 1 saturated carbocycles. The Kier molecular flexibility index (Phi) is 6.52. The Bertz CT molecular complexity index is 842. The summed E-state index contributed by atoms with van der Waals surface area (Å²) in [4.78, 5) is 0. The average Bonchev–Trinajstić information content (AvgIpc) is 2.62. The first-order chi connectivity index (χ1) is 12.9. The number of hydrogen-bond donors (Lipinski definition) is 4. The van der Waals surface area contributed by atoms with E-state index in [1.54, 1.807) is 6.07 Å². The number of thiocarbonyl (C=S) groups is 1. The Morgan fingerprint density at radius 1 is 1.00 bits per heavy atom. The summed E-state index contributed by atoms with van der Waals surface area (Å²) < 4.78 is 5.60. The standard InChI is InChI=1S/C19H20Cl2N2O3S/c20-11-6-7-17(15(24)8-11)26-18-10-14(13(21)9-16(18)25)23-19(27)22-12-4-2-1-3-5-12/h6-10,12,24-25H,1-5H2,(H2,22,23,27). The molecule has 144 valence electrons. The van der Waals surface area contributed by atoms with Gasteiger partial charge in [-0.05, 0) is 37.2 Å². The fourth-order valence-electron chi connectivity index (χ4n) is 3.01. The molecular formula is C19H20Cl2N2O3S. The highest BCUT2D eigenvalue weighted by Crippen LogP contribution is 2.40. The van der Waals surface area contributed by atoms with Crippen LogP contribution in [0.15, 0.2) is 30.3 Å². The van der Waals surface area contributed by atoms with Crippen molar-refractivity contribution in [3.63, 3.8) is 0 Å². The number of aromatic hydroxyl groups is 2. The van der Waals surface area contributed by atoms with Crippen LogP contribution in [0.3, 0.4) is 0 Å². The monoisotopic (exact) mass is 426 g/mol. The topological polar surface area (TPSA) is 73.8 Å². The molecule has 1 aliphatic carbocycles. The molecule has 0 spiro atoms. The molecule has 1 aliphatic rings. The Hall–Kier alpha value is -1.89. The molecule has 0 radical (unpaired) electrons. The molecule has 0 heterocycles. The summed E-state index contributed by atoms with van der Waals surface area (Å²) in [6.07, 6.45) is 5.84. The first-order valence-electron chi connectivity index (χ1n) is 8.69. The van der Waals surface area contributed by atoms with Crippen molar-refractivity contribution in [3.8, 4) is 23.0 Å². The molecule has 0 unspecified atom stereocenters. The molecule has 2 aromatic rings. The van der Waals surface area contributed by atoms with Crippen molar-refractivity contribution < 1.29 is 14.9 Å². The van der Waals surface area contributed by atoms with Crippen LogP contribution < -0.4 is 15.4 Å². The summed E-state index contributed by atoms with van der Waals surface area (Å²) in [5, 5.41) is 27.5. The smallest absolute Gasteiger partial charge is 0.171 e. The minimum Gasteiger partial charge on any atom is -0.504 e. The second-order valence-electron chi connectivity index (χ2n) is 6.45. The quantitative estimate of drug-likeness (QED) is 0.364. The molecule has 8 heteroatoms. The Morgan fingerprint density at radius 3 is 2.41 bits per heavy atom. The third-order valence-electron chi connectivity index (χ3n) is 4.38. The highest BCUT2D eigenvalue weighted by molar-refractivity contribution is 7.80. The number of benzene rings is 2. The number of rotatable bonds is 4. The van der Waals surface area contributed by atoms with E-state index in [-0.39, 0.29) is 23.0 Å². The second kappa shape index (κ2) is 8.87. The van der Waals surface area contributed by atoms with Gasteiger partial charge in [0.1, 0.15) is 0 Å². The predicted molar refractivity (Wildman–Crippen MR) is 113 cm³/mol. The zero-order valence-electron chi connectivity index (χ0n) is 14.5. The molecule has 0 bridgehead atoms. The highest BCUT2D eigenvalue weighted by atomic mass is 35.5. The first-order valence-corrected chi connectivity index (χ1v) is 9.85. The van der Waals surface area contributed by atoms with Gasteiger partial charge in [0.15, 0.2) is 28.1 Å². The Labute approximate surface area is 173 Å². The van der Waals surface area contributed by atoms with Gasteiger partial charge in [0, 0.05) is 29.3 Å². The predicted octanol–water partition coefficient (Wildman–Crippen LogP) is 5.82. The van der Waals surface area contributed by atoms with E-state index in [1.165, 1.54) is 43.5 Å². The summed E-state index contributed by atoms with van der Waals surface area (Å²) in [6, 6.07) is 7.68. The van der Waals surface area contributed by atoms with Crippen molar-refractivity contribution in [2.24, 2.45) is 0 Å². The Balaban J connectivity index is 1.74. The van der Waals surface area contributed by atoms with Gasteiger partial charge in [-0.3, -0.25) is 0 Å². The molecule has 0 aliphatic heterocycles. The molecule has 0 amide bonds. The zero-order valence-corrected chi connectivity index (χ0v) is 16.8. The van der Waals surface area contributed by atoms with Gasteiger partial charge in [-0.15, -0.1) is 0 Å². The van der Waals surface area contributed by atoms with Crippen molar-refractivity contribution >= 4 is 46.2 Å². The van der Waals surface area contributed by atoms with Crippen LogP contribution in [0, 0.1) is 0 Å². The van der Waals surface area contributed by atoms with Gasteiger partial charge in [0.05, 0.1) is 10.7 Å². The highest BCUT2D eigenvalue weighted by Gasteiger charge is 2.16. The fourth-order valence-corrected chi connectivity index (χ4v) is 3.65. The van der Waals surface area contributed by atoms with E-state index in [2.05, 4.69) is 10.6 Å². The summed E-state index contributed by atoms with van der Waals surface area (Å²) in [5.74, 6) is -0.0160. The van der Waals surface area contributed by atoms with Gasteiger partial charge in [0.2, 0.25) is 0 Å². The third-order valence-corrected chi connectivity index (χ3v) is 5.15. The molecule has 3 rings (SSSR count). The number of halogens is 2. The zero-order chi connectivity index (χ0) is 19.4. The fraction of sp³-hybridized carbons (Fsp3) is 0.316. The molecular weight excluding hydrogens is 407 g/mol. The van der Waals surface area contributed by atoms with Crippen LogP contribution in [0.25, 0.3) is 0 Å². The summed E-state index contributed by atoms with van der Waals surface area (Å²) >= 11 is 17.4. The van der Waals surface area contributed by atoms with Gasteiger partial charge >= 0.3 is 0 Å². The van der Waals surface area contributed by atoms with E-state index in [0.717, 1.165) is 12.8 Å². The molecule has 0 atom stereocenters. The summed E-state index contributed by atoms with van der Waals surface area (Å²) in [5.41, 5.74) is 0.492. The summed E-state index contributed by atoms with van der Waals surface area (Å²) in [6.45, 7) is 0. The van der Waals surface area contributed by atoms with Crippen LogP contribution in [0.5, 0.6) is 23.0 Å². The second-order valence-corrected chi connectivity index (χ2v) is 7.70. The number of phenols is 2. The van der Waals surface area contributed by atoms with E-state index in [1.807, 2.05) is 0 Å². The minimum atomic E-state index is -0.161. The van der Waals surface area contributed by atoms with Crippen LogP contribution in [-0.4, -0.2) is 21.4 Å². The molecule has 0 saturated heterocycles. The SMILES string of the molecule is Oc1cc(Cl)ccc1Oc1cc(NC(=S)NC2CCCCC2)c(Cl)cc1O. The largest absolute Gasteiger partial charge is 0.504 e. The Morgan fingerprint density at radius 2 is 1.70 bits per heavy atom. The van der Waals surface area contributed by atoms with E-state index >= 15 is 0 Å². The lowest BCUT2D eigenvalue weighted by molar-refractivity contribution is 0.385. The number of anilines is 1. The van der Waals surface area contributed by atoms with Crippen molar-refractivity contribution in [1.82, 2.24) is 5.32 Å². The maximum atomic E-state index is 10.1. The number of phenolic OH excluding ortho intramolecular Hbond substituents is 2. The van der Waals surface area contributed by atoms with Crippen LogP contribution >= 0.6 is 35.4 Å². The van der Waals surface area contributed by atoms with Gasteiger partial charge in [-0.1, -0.05) is 42.5 Å². The van der Waals surface area contributed by atoms with Crippen molar-refractivity contribution in [2.75, 3.05) is 5.32 Å². The molecule has 2 aromatic carbocycles. The first kappa shape index (κ1) is 19.9. The van der Waals surface area contributed by atoms with Crippen molar-refractivity contribution in [1.29, 1.82) is 0 Å². The molecule has 4 N–H and O–H groups in total. The normalized spacial score (nSPS) is 14.6.